The highest BCUT2D eigenvalue weighted by molar-refractivity contribution is 7.98. The van der Waals surface area contributed by atoms with Gasteiger partial charge in [0.05, 0.1) is 6.10 Å². The van der Waals surface area contributed by atoms with E-state index in [0.717, 1.165) is 13.2 Å². The van der Waals surface area contributed by atoms with Crippen LogP contribution in [0.2, 0.25) is 0 Å². The molecule has 1 saturated heterocycles. The fraction of sp³-hybridized carbons (Fsp3) is 1.00. The van der Waals surface area contributed by atoms with E-state index in [1.807, 2.05) is 11.8 Å². The van der Waals surface area contributed by atoms with E-state index < -0.39 is 0 Å². The van der Waals surface area contributed by atoms with Crippen LogP contribution in [-0.4, -0.2) is 37.3 Å². The number of rotatable bonds is 6. The summed E-state index contributed by atoms with van der Waals surface area (Å²) >= 11 is 1.91. The van der Waals surface area contributed by atoms with Crippen molar-refractivity contribution in [1.82, 2.24) is 5.32 Å². The average Bonchev–Trinajstić information content (AvgIpc) is 2.58. The molecule has 2 atom stereocenters. The third-order valence-electron chi connectivity index (χ3n) is 2.43. The van der Waals surface area contributed by atoms with E-state index in [9.17, 15) is 0 Å². The van der Waals surface area contributed by atoms with Crippen molar-refractivity contribution in [2.24, 2.45) is 0 Å². The molecule has 1 N–H and O–H groups in total. The van der Waals surface area contributed by atoms with Crippen LogP contribution in [0.4, 0.5) is 0 Å². The molecule has 0 spiro atoms. The summed E-state index contributed by atoms with van der Waals surface area (Å²) < 4.78 is 5.63. The standard InChI is InChI=1S/C10H21NOS/c1-3-11-9(8-13-2)7-10-5-4-6-12-10/h9-11H,3-8H2,1-2H3. The van der Waals surface area contributed by atoms with Crippen LogP contribution in [0.15, 0.2) is 0 Å². The molecule has 1 rings (SSSR count). The lowest BCUT2D eigenvalue weighted by atomic mass is 10.1. The lowest BCUT2D eigenvalue weighted by Gasteiger charge is -2.20. The summed E-state index contributed by atoms with van der Waals surface area (Å²) in [4.78, 5) is 0. The molecule has 0 saturated carbocycles. The lowest BCUT2D eigenvalue weighted by Crippen LogP contribution is -2.34. The van der Waals surface area contributed by atoms with Crippen molar-refractivity contribution in [3.05, 3.63) is 0 Å². The van der Waals surface area contributed by atoms with Gasteiger partial charge in [0.2, 0.25) is 0 Å². The maximum absolute atomic E-state index is 5.63. The normalized spacial score (nSPS) is 24.9. The SMILES string of the molecule is CCNC(CSC)CC1CCCO1. The minimum absolute atomic E-state index is 0.524. The Balaban J connectivity index is 2.19. The molecule has 0 aromatic carbocycles. The first-order valence-electron chi connectivity index (χ1n) is 5.20. The molecule has 78 valence electrons. The summed E-state index contributed by atoms with van der Waals surface area (Å²) in [5, 5.41) is 3.51. The summed E-state index contributed by atoms with van der Waals surface area (Å²) in [7, 11) is 0. The van der Waals surface area contributed by atoms with Gasteiger partial charge in [-0.2, -0.15) is 11.8 Å². The molecular formula is C10H21NOS. The second-order valence-electron chi connectivity index (χ2n) is 3.58. The largest absolute Gasteiger partial charge is 0.378 e. The minimum atomic E-state index is 0.524. The van der Waals surface area contributed by atoms with Gasteiger partial charge in [0.15, 0.2) is 0 Å². The molecule has 0 aromatic heterocycles. The monoisotopic (exact) mass is 203 g/mol. The van der Waals surface area contributed by atoms with Gasteiger partial charge in [-0.1, -0.05) is 6.92 Å². The molecule has 1 fully saturated rings. The van der Waals surface area contributed by atoms with Crippen molar-refractivity contribution < 1.29 is 4.74 Å². The van der Waals surface area contributed by atoms with E-state index >= 15 is 0 Å². The van der Waals surface area contributed by atoms with Crippen molar-refractivity contribution in [3.8, 4) is 0 Å². The van der Waals surface area contributed by atoms with Crippen LogP contribution in [-0.2, 0) is 4.74 Å². The smallest absolute Gasteiger partial charge is 0.0591 e. The van der Waals surface area contributed by atoms with E-state index in [4.69, 9.17) is 4.74 Å². The quantitative estimate of drug-likeness (QED) is 0.712. The Hall–Kier alpha value is 0.270. The van der Waals surface area contributed by atoms with E-state index in [-0.39, 0.29) is 0 Å². The number of nitrogens with one attached hydrogen (secondary N) is 1. The molecule has 0 aliphatic carbocycles. The Labute approximate surface area is 85.8 Å². The summed E-state index contributed by atoms with van der Waals surface area (Å²) in [6.45, 7) is 4.21. The zero-order chi connectivity index (χ0) is 9.52. The van der Waals surface area contributed by atoms with Crippen molar-refractivity contribution in [1.29, 1.82) is 0 Å². The van der Waals surface area contributed by atoms with Crippen LogP contribution in [0.3, 0.4) is 0 Å². The second-order valence-corrected chi connectivity index (χ2v) is 4.49. The van der Waals surface area contributed by atoms with Crippen molar-refractivity contribution in [3.63, 3.8) is 0 Å². The van der Waals surface area contributed by atoms with Gasteiger partial charge in [0.1, 0.15) is 0 Å². The van der Waals surface area contributed by atoms with Crippen LogP contribution in [0.1, 0.15) is 26.2 Å². The van der Waals surface area contributed by atoms with E-state index in [1.165, 1.54) is 25.0 Å². The summed E-state index contributed by atoms with van der Waals surface area (Å²) in [5.41, 5.74) is 0. The predicted octanol–water partition coefficient (Wildman–Crippen LogP) is 1.90. The molecule has 0 amide bonds. The number of hydrogen-bond acceptors (Lipinski definition) is 3. The molecule has 13 heavy (non-hydrogen) atoms. The molecule has 3 heteroatoms. The van der Waals surface area contributed by atoms with E-state index in [1.54, 1.807) is 0 Å². The molecule has 2 unspecified atom stereocenters. The second kappa shape index (κ2) is 6.68. The zero-order valence-corrected chi connectivity index (χ0v) is 9.53. The van der Waals surface area contributed by atoms with Gasteiger partial charge in [0, 0.05) is 18.4 Å². The van der Waals surface area contributed by atoms with Gasteiger partial charge in [-0.25, -0.2) is 0 Å². The lowest BCUT2D eigenvalue weighted by molar-refractivity contribution is 0.0969. The maximum atomic E-state index is 5.63. The maximum Gasteiger partial charge on any atom is 0.0591 e. The molecule has 0 aromatic rings. The molecular weight excluding hydrogens is 182 g/mol. The molecule has 1 aliphatic heterocycles. The van der Waals surface area contributed by atoms with E-state index in [2.05, 4.69) is 18.5 Å². The Morgan fingerprint density at radius 1 is 1.62 bits per heavy atom. The number of thioether (sulfide) groups is 1. The predicted molar refractivity (Wildman–Crippen MR) is 59.4 cm³/mol. The zero-order valence-electron chi connectivity index (χ0n) is 8.71. The van der Waals surface area contributed by atoms with E-state index in [0.29, 0.717) is 12.1 Å². The van der Waals surface area contributed by atoms with Gasteiger partial charge in [-0.05, 0) is 32.1 Å². The first kappa shape index (κ1) is 11.3. The highest BCUT2D eigenvalue weighted by Gasteiger charge is 2.19. The fourth-order valence-corrected chi connectivity index (χ4v) is 2.50. The van der Waals surface area contributed by atoms with Crippen molar-refractivity contribution >= 4 is 11.8 Å². The van der Waals surface area contributed by atoms with Crippen LogP contribution >= 0.6 is 11.8 Å². The molecule has 1 aliphatic rings. The van der Waals surface area contributed by atoms with Gasteiger partial charge >= 0.3 is 0 Å². The van der Waals surface area contributed by atoms with Gasteiger partial charge in [0.25, 0.3) is 0 Å². The minimum Gasteiger partial charge on any atom is -0.378 e. The highest BCUT2D eigenvalue weighted by Crippen LogP contribution is 2.18. The Kier molecular flexibility index (Phi) is 5.83. The molecule has 1 heterocycles. The number of ether oxygens (including phenoxy) is 1. The topological polar surface area (TPSA) is 21.3 Å². The van der Waals surface area contributed by atoms with Crippen LogP contribution in [0.25, 0.3) is 0 Å². The molecule has 0 bridgehead atoms. The van der Waals surface area contributed by atoms with Crippen LogP contribution < -0.4 is 5.32 Å². The average molecular weight is 203 g/mol. The Morgan fingerprint density at radius 2 is 2.46 bits per heavy atom. The van der Waals surface area contributed by atoms with Gasteiger partial charge in [-0.15, -0.1) is 0 Å². The van der Waals surface area contributed by atoms with Gasteiger partial charge in [-0.3, -0.25) is 0 Å². The van der Waals surface area contributed by atoms with Crippen LogP contribution in [0, 0.1) is 0 Å². The first-order valence-corrected chi connectivity index (χ1v) is 6.60. The third kappa shape index (κ3) is 4.34. The third-order valence-corrected chi connectivity index (χ3v) is 3.17. The molecule has 0 radical (unpaired) electrons. The summed E-state index contributed by atoms with van der Waals surface area (Å²) in [5.74, 6) is 1.20. The fourth-order valence-electron chi connectivity index (χ4n) is 1.85. The van der Waals surface area contributed by atoms with Gasteiger partial charge < -0.3 is 10.1 Å². The summed E-state index contributed by atoms with van der Waals surface area (Å²) in [6.07, 6.45) is 6.39. The van der Waals surface area contributed by atoms with Crippen molar-refractivity contribution in [2.45, 2.75) is 38.3 Å². The van der Waals surface area contributed by atoms with Crippen molar-refractivity contribution in [2.75, 3.05) is 25.2 Å². The first-order chi connectivity index (χ1) is 6.36. The van der Waals surface area contributed by atoms with Crippen LogP contribution in [0.5, 0.6) is 0 Å². The number of hydrogen-bond donors (Lipinski definition) is 1. The Bertz CT molecular complexity index is 120. The molecule has 2 nitrogen and oxygen atoms in total. The highest BCUT2D eigenvalue weighted by atomic mass is 32.2. The Morgan fingerprint density at radius 3 is 3.00 bits per heavy atom. The summed E-state index contributed by atoms with van der Waals surface area (Å²) in [6, 6.07) is 0.642.